The molecule has 0 aromatic carbocycles. The van der Waals surface area contributed by atoms with E-state index in [1.807, 2.05) is 0 Å². The van der Waals surface area contributed by atoms with Gasteiger partial charge in [-0.05, 0) is 19.3 Å². The second-order valence-corrected chi connectivity index (χ2v) is 9.80. The summed E-state index contributed by atoms with van der Waals surface area (Å²) in [6.07, 6.45) is 19.3. The molecule has 0 bridgehead atoms. The summed E-state index contributed by atoms with van der Waals surface area (Å²) in [6, 6.07) is 0. The Balaban J connectivity index is 0. The zero-order valence-corrected chi connectivity index (χ0v) is 21.8. The van der Waals surface area contributed by atoms with Crippen molar-refractivity contribution < 1.29 is 47.6 Å². The maximum atomic E-state index is 11.3. The van der Waals surface area contributed by atoms with E-state index in [1.54, 1.807) is 6.92 Å². The molecule has 0 saturated heterocycles. The first-order valence-electron chi connectivity index (χ1n) is 11.5. The fourth-order valence-electron chi connectivity index (χ4n) is 3.59. The topological polar surface area (TPSA) is 77.4 Å². The number of aliphatic hydroxyl groups excluding tert-OH is 1. The van der Waals surface area contributed by atoms with E-state index in [2.05, 4.69) is 6.92 Å². The molecule has 6 heteroatoms. The van der Waals surface area contributed by atoms with Crippen LogP contribution in [0.3, 0.4) is 0 Å². The summed E-state index contributed by atoms with van der Waals surface area (Å²) in [5, 5.41) is 8.69. The van der Waals surface area contributed by atoms with E-state index in [1.165, 1.54) is 77.0 Å². The Kier molecular flexibility index (Phi) is 23.4. The smallest absolute Gasteiger partial charge is 0.748 e. The average Bonchev–Trinajstić information content (AvgIpc) is 2.62. The maximum absolute atomic E-state index is 11.3. The molecule has 0 radical (unpaired) electrons. The van der Waals surface area contributed by atoms with Crippen LogP contribution in [0.15, 0.2) is 0 Å². The summed E-state index contributed by atoms with van der Waals surface area (Å²) in [6.45, 7) is 4.05. The molecule has 0 aliphatic carbocycles. The third kappa shape index (κ3) is 20.2. The molecule has 0 aliphatic rings. The number of rotatable bonds is 20. The van der Waals surface area contributed by atoms with Crippen LogP contribution in [-0.4, -0.2) is 29.4 Å². The number of hydrogen-bond donors (Lipinski definition) is 1. The first kappa shape index (κ1) is 31.1. The fourth-order valence-corrected chi connectivity index (χ4v) is 4.51. The van der Waals surface area contributed by atoms with E-state index in [4.69, 9.17) is 0 Å². The van der Waals surface area contributed by atoms with Crippen LogP contribution in [0.2, 0.25) is 0 Å². The molecule has 0 saturated carbocycles. The Morgan fingerprint density at radius 3 is 1.39 bits per heavy atom. The van der Waals surface area contributed by atoms with Gasteiger partial charge in [0, 0.05) is 0 Å². The van der Waals surface area contributed by atoms with Crippen LogP contribution in [0.4, 0.5) is 0 Å². The first-order chi connectivity index (χ1) is 12.9. The average molecular weight is 429 g/mol. The Hall–Kier alpha value is 0.870. The zero-order valence-electron chi connectivity index (χ0n) is 19.0. The third-order valence-electron chi connectivity index (χ3n) is 5.54. The molecular formula is C22H45NaO4S. The van der Waals surface area contributed by atoms with Crippen molar-refractivity contribution in [3.63, 3.8) is 0 Å². The number of aliphatic hydroxyl groups is 1. The van der Waals surface area contributed by atoms with E-state index in [0.29, 0.717) is 12.8 Å². The monoisotopic (exact) mass is 428 g/mol. The van der Waals surface area contributed by atoms with Gasteiger partial charge >= 0.3 is 29.6 Å². The summed E-state index contributed by atoms with van der Waals surface area (Å²) in [5.41, 5.74) is 0. The van der Waals surface area contributed by atoms with Crippen LogP contribution in [0, 0.1) is 0 Å². The normalized spacial score (nSPS) is 13.9. The first-order valence-corrected chi connectivity index (χ1v) is 13.0. The van der Waals surface area contributed by atoms with Gasteiger partial charge in [-0.2, -0.15) is 0 Å². The van der Waals surface area contributed by atoms with Crippen molar-refractivity contribution in [1.29, 1.82) is 0 Å². The number of unbranched alkanes of at least 4 members (excludes halogenated alkanes) is 14. The molecule has 164 valence electrons. The summed E-state index contributed by atoms with van der Waals surface area (Å²) in [4.78, 5) is 0. The summed E-state index contributed by atoms with van der Waals surface area (Å²) in [5.74, 6) is 0. The predicted molar refractivity (Wildman–Crippen MR) is 114 cm³/mol. The molecule has 0 amide bonds. The van der Waals surface area contributed by atoms with Gasteiger partial charge in [-0.3, -0.25) is 0 Å². The second kappa shape index (κ2) is 21.1. The summed E-state index contributed by atoms with van der Waals surface area (Å²) < 4.78 is 33.9. The zero-order chi connectivity index (χ0) is 20.4. The van der Waals surface area contributed by atoms with Crippen molar-refractivity contribution in [2.45, 2.75) is 141 Å². The largest absolute Gasteiger partial charge is 1.00 e. The van der Waals surface area contributed by atoms with E-state index in [0.717, 1.165) is 19.3 Å². The molecule has 2 atom stereocenters. The molecule has 2 unspecified atom stereocenters. The van der Waals surface area contributed by atoms with Crippen molar-refractivity contribution in [2.75, 3.05) is 0 Å². The van der Waals surface area contributed by atoms with Gasteiger partial charge in [0.25, 0.3) is 0 Å². The Labute approximate surface area is 197 Å². The molecule has 0 aromatic heterocycles. The predicted octanol–water partition coefficient (Wildman–Crippen LogP) is 3.33. The van der Waals surface area contributed by atoms with Crippen LogP contribution in [-0.2, 0) is 10.1 Å². The minimum Gasteiger partial charge on any atom is -0.748 e. The van der Waals surface area contributed by atoms with Crippen LogP contribution in [0.1, 0.15) is 129 Å². The molecular weight excluding hydrogens is 383 g/mol. The molecule has 0 aliphatic heterocycles. The van der Waals surface area contributed by atoms with Gasteiger partial charge in [-0.1, -0.05) is 110 Å². The molecule has 0 rings (SSSR count). The summed E-state index contributed by atoms with van der Waals surface area (Å²) in [7, 11) is -4.30. The van der Waals surface area contributed by atoms with Crippen LogP contribution in [0.25, 0.3) is 0 Å². The van der Waals surface area contributed by atoms with Gasteiger partial charge in [-0.25, -0.2) is 8.42 Å². The Bertz CT molecular complexity index is 415. The van der Waals surface area contributed by atoms with E-state index in [-0.39, 0.29) is 36.0 Å². The van der Waals surface area contributed by atoms with Crippen LogP contribution in [0.5, 0.6) is 0 Å². The van der Waals surface area contributed by atoms with E-state index in [9.17, 15) is 18.1 Å². The van der Waals surface area contributed by atoms with Crippen molar-refractivity contribution in [1.82, 2.24) is 0 Å². The van der Waals surface area contributed by atoms with Gasteiger partial charge in [0.1, 0.15) is 0 Å². The van der Waals surface area contributed by atoms with Crippen LogP contribution >= 0.6 is 0 Å². The molecule has 0 fully saturated rings. The molecule has 1 N–H and O–H groups in total. The fraction of sp³-hybridized carbons (Fsp3) is 1.00. The molecule has 28 heavy (non-hydrogen) atoms. The summed E-state index contributed by atoms with van der Waals surface area (Å²) >= 11 is 0. The van der Waals surface area contributed by atoms with Crippen molar-refractivity contribution in [2.24, 2.45) is 0 Å². The van der Waals surface area contributed by atoms with E-state index >= 15 is 0 Å². The second-order valence-electron chi connectivity index (χ2n) is 8.15. The molecule has 0 heterocycles. The molecule has 4 nitrogen and oxygen atoms in total. The Morgan fingerprint density at radius 1 is 0.714 bits per heavy atom. The van der Waals surface area contributed by atoms with Crippen LogP contribution < -0.4 is 29.6 Å². The van der Waals surface area contributed by atoms with Crippen molar-refractivity contribution in [3.05, 3.63) is 0 Å². The molecule has 0 aromatic rings. The van der Waals surface area contributed by atoms with Crippen molar-refractivity contribution >= 4 is 10.1 Å². The molecule has 0 spiro atoms. The quantitative estimate of drug-likeness (QED) is 0.183. The standard InChI is InChI=1S/C22H46O4S.Na/c1-3-5-6-7-8-9-10-11-12-13-14-15-16-17-18-19-22(27(24,25)26)20-21(23)4-2;/h21-23H,3-20H2,1-2H3,(H,24,25,26);/q;+1/p-1. The van der Waals surface area contributed by atoms with Gasteiger partial charge < -0.3 is 9.66 Å². The minimum atomic E-state index is -4.30. The maximum Gasteiger partial charge on any atom is 1.00 e. The van der Waals surface area contributed by atoms with E-state index < -0.39 is 21.5 Å². The van der Waals surface area contributed by atoms with Gasteiger partial charge in [0.2, 0.25) is 0 Å². The third-order valence-corrected chi connectivity index (χ3v) is 6.79. The van der Waals surface area contributed by atoms with Gasteiger partial charge in [0.15, 0.2) is 0 Å². The van der Waals surface area contributed by atoms with Gasteiger partial charge in [0.05, 0.1) is 21.5 Å². The Morgan fingerprint density at radius 2 is 1.07 bits per heavy atom. The SMILES string of the molecule is CCCCCCCCCCCCCCCCCC(CC(O)CC)S(=O)(=O)[O-].[Na+]. The van der Waals surface area contributed by atoms with Crippen molar-refractivity contribution in [3.8, 4) is 0 Å². The minimum absolute atomic E-state index is 0. The number of hydrogen-bond acceptors (Lipinski definition) is 4. The van der Waals surface area contributed by atoms with Gasteiger partial charge in [-0.15, -0.1) is 0 Å².